The smallest absolute Gasteiger partial charge is 0.313 e. The van der Waals surface area contributed by atoms with E-state index in [0.717, 1.165) is 25.7 Å². The van der Waals surface area contributed by atoms with Gasteiger partial charge >= 0.3 is 11.9 Å². The molecule has 0 aromatic rings. The van der Waals surface area contributed by atoms with Crippen LogP contribution in [0, 0.1) is 0 Å². The summed E-state index contributed by atoms with van der Waals surface area (Å²) in [5, 5.41) is 0. The molecule has 0 spiro atoms. The zero-order chi connectivity index (χ0) is 27.1. The van der Waals surface area contributed by atoms with Crippen molar-refractivity contribution in [3.05, 3.63) is 0 Å². The van der Waals surface area contributed by atoms with Crippen molar-refractivity contribution in [2.75, 3.05) is 0 Å². The Labute approximate surface area is 251 Å². The van der Waals surface area contributed by atoms with E-state index in [0.29, 0.717) is 12.8 Å². The zero-order valence-electron chi connectivity index (χ0n) is 26.1. The molecule has 38 heavy (non-hydrogen) atoms. The van der Waals surface area contributed by atoms with Crippen LogP contribution >= 0.6 is 0 Å². The molecule has 0 N–H and O–H groups in total. The van der Waals surface area contributed by atoms with Gasteiger partial charge in [0.1, 0.15) is 0 Å². The average Bonchev–Trinajstić information content (AvgIpc) is 2.89. The van der Waals surface area contributed by atoms with E-state index >= 15 is 0 Å². The summed E-state index contributed by atoms with van der Waals surface area (Å²) < 4.78 is 5.00. The van der Waals surface area contributed by atoms with Gasteiger partial charge in [-0.05, 0) is 12.8 Å². The standard InChI is InChI=1S/C34H66O3.Zn/c1-3-5-7-9-11-13-15-17-18-20-22-24-26-28-30-32-34(36)37-33(35)31-29-27-25-23-21-19-16-14-12-10-8-6-4-2;/h3-32H2,1-2H3;. The van der Waals surface area contributed by atoms with Gasteiger partial charge < -0.3 is 4.74 Å². The summed E-state index contributed by atoms with van der Waals surface area (Å²) in [5.41, 5.74) is 0. The third-order valence-electron chi connectivity index (χ3n) is 7.70. The van der Waals surface area contributed by atoms with Crippen molar-refractivity contribution >= 4 is 11.9 Å². The molecule has 0 bridgehead atoms. The predicted molar refractivity (Wildman–Crippen MR) is 161 cm³/mol. The van der Waals surface area contributed by atoms with Gasteiger partial charge in [0.15, 0.2) is 0 Å². The van der Waals surface area contributed by atoms with E-state index in [9.17, 15) is 9.59 Å². The van der Waals surface area contributed by atoms with Gasteiger partial charge in [0.25, 0.3) is 0 Å². The van der Waals surface area contributed by atoms with Gasteiger partial charge in [-0.15, -0.1) is 0 Å². The number of rotatable bonds is 30. The molecule has 0 aliphatic carbocycles. The second kappa shape index (κ2) is 34.8. The molecular formula is C34H66O3Zn. The normalized spacial score (nSPS) is 10.9. The van der Waals surface area contributed by atoms with Crippen LogP contribution in [0.15, 0.2) is 0 Å². The van der Waals surface area contributed by atoms with Crippen molar-refractivity contribution in [3.63, 3.8) is 0 Å². The average molecular weight is 588 g/mol. The summed E-state index contributed by atoms with van der Waals surface area (Å²) in [6.07, 6.45) is 37.2. The van der Waals surface area contributed by atoms with Crippen LogP contribution in [0.25, 0.3) is 0 Å². The number of hydrogen-bond donors (Lipinski definition) is 0. The largest absolute Gasteiger partial charge is 0.393 e. The molecule has 0 amide bonds. The molecule has 0 unspecified atom stereocenters. The summed E-state index contributed by atoms with van der Waals surface area (Å²) in [6.45, 7) is 4.55. The molecule has 0 saturated heterocycles. The monoisotopic (exact) mass is 586 g/mol. The topological polar surface area (TPSA) is 43.4 Å². The summed E-state index contributed by atoms with van der Waals surface area (Å²) in [4.78, 5) is 23.8. The van der Waals surface area contributed by atoms with E-state index < -0.39 is 0 Å². The Balaban J connectivity index is 0. The van der Waals surface area contributed by atoms with Gasteiger partial charge in [-0.3, -0.25) is 9.59 Å². The van der Waals surface area contributed by atoms with Crippen molar-refractivity contribution in [2.45, 2.75) is 206 Å². The maximum absolute atomic E-state index is 11.9. The minimum Gasteiger partial charge on any atom is -0.393 e. The quantitative estimate of drug-likeness (QED) is 0.0363. The molecule has 0 aromatic heterocycles. The molecule has 0 fully saturated rings. The molecule has 0 atom stereocenters. The fraction of sp³-hybridized carbons (Fsp3) is 0.941. The molecule has 0 heterocycles. The molecule has 0 rings (SSSR count). The van der Waals surface area contributed by atoms with Crippen molar-refractivity contribution < 1.29 is 33.8 Å². The number of carbonyl (C=O) groups is 2. The molecule has 222 valence electrons. The Morgan fingerprint density at radius 3 is 0.737 bits per heavy atom. The minimum absolute atomic E-state index is 0. The van der Waals surface area contributed by atoms with E-state index in [1.807, 2.05) is 0 Å². The van der Waals surface area contributed by atoms with E-state index in [4.69, 9.17) is 4.74 Å². The number of hydrogen-bond acceptors (Lipinski definition) is 3. The van der Waals surface area contributed by atoms with Gasteiger partial charge in [0.05, 0.1) is 0 Å². The second-order valence-corrected chi connectivity index (χ2v) is 11.5. The van der Waals surface area contributed by atoms with Crippen molar-refractivity contribution in [1.29, 1.82) is 0 Å². The molecule has 0 aliphatic heterocycles. The molecular weight excluding hydrogens is 522 g/mol. The van der Waals surface area contributed by atoms with Crippen LogP contribution < -0.4 is 0 Å². The van der Waals surface area contributed by atoms with E-state index in [1.165, 1.54) is 154 Å². The van der Waals surface area contributed by atoms with Crippen molar-refractivity contribution in [2.24, 2.45) is 0 Å². The first kappa shape index (κ1) is 39.9. The summed E-state index contributed by atoms with van der Waals surface area (Å²) in [5.74, 6) is -0.650. The summed E-state index contributed by atoms with van der Waals surface area (Å²) in [7, 11) is 0. The SMILES string of the molecule is CCCCCCCCCCCCCCCCCC(=O)OC(=O)CCCCCCCCCCCCCCC.[Zn]. The van der Waals surface area contributed by atoms with Gasteiger partial charge in [-0.1, -0.05) is 181 Å². The fourth-order valence-electron chi connectivity index (χ4n) is 5.16. The predicted octanol–water partition coefficient (Wildman–Crippen LogP) is 11.8. The van der Waals surface area contributed by atoms with E-state index in [1.54, 1.807) is 0 Å². The van der Waals surface area contributed by atoms with Crippen LogP contribution in [0.5, 0.6) is 0 Å². The summed E-state index contributed by atoms with van der Waals surface area (Å²) >= 11 is 0. The molecule has 0 radical (unpaired) electrons. The molecule has 0 saturated carbocycles. The zero-order valence-corrected chi connectivity index (χ0v) is 29.1. The van der Waals surface area contributed by atoms with Crippen LogP contribution in [0.2, 0.25) is 0 Å². The fourth-order valence-corrected chi connectivity index (χ4v) is 5.16. The Hall–Kier alpha value is -0.237. The minimum atomic E-state index is -0.325. The third-order valence-corrected chi connectivity index (χ3v) is 7.70. The van der Waals surface area contributed by atoms with Crippen molar-refractivity contribution in [1.82, 2.24) is 0 Å². The number of esters is 2. The Morgan fingerprint density at radius 1 is 0.342 bits per heavy atom. The summed E-state index contributed by atoms with van der Waals surface area (Å²) in [6, 6.07) is 0. The second-order valence-electron chi connectivity index (χ2n) is 11.5. The number of carbonyl (C=O) groups excluding carboxylic acids is 2. The van der Waals surface area contributed by atoms with Crippen LogP contribution in [0.4, 0.5) is 0 Å². The van der Waals surface area contributed by atoms with E-state index in [2.05, 4.69) is 13.8 Å². The van der Waals surface area contributed by atoms with Gasteiger partial charge in [0.2, 0.25) is 0 Å². The molecule has 0 aliphatic rings. The Morgan fingerprint density at radius 2 is 0.526 bits per heavy atom. The molecule has 0 aromatic carbocycles. The van der Waals surface area contributed by atoms with Gasteiger partial charge in [0, 0.05) is 32.3 Å². The van der Waals surface area contributed by atoms with E-state index in [-0.39, 0.29) is 31.4 Å². The first-order chi connectivity index (χ1) is 18.2. The van der Waals surface area contributed by atoms with Crippen LogP contribution in [-0.2, 0) is 33.8 Å². The number of unbranched alkanes of at least 4 members (excludes halogenated alkanes) is 26. The maximum atomic E-state index is 11.9. The van der Waals surface area contributed by atoms with Gasteiger partial charge in [-0.25, -0.2) is 0 Å². The Bertz CT molecular complexity index is 480. The molecule has 3 nitrogen and oxygen atoms in total. The maximum Gasteiger partial charge on any atom is 0.313 e. The van der Waals surface area contributed by atoms with Gasteiger partial charge in [-0.2, -0.15) is 0 Å². The third kappa shape index (κ3) is 33.8. The Kier molecular flexibility index (Phi) is 36.5. The van der Waals surface area contributed by atoms with Crippen molar-refractivity contribution in [3.8, 4) is 0 Å². The number of ether oxygens (including phenoxy) is 1. The first-order valence-corrected chi connectivity index (χ1v) is 16.9. The van der Waals surface area contributed by atoms with Crippen LogP contribution in [0.1, 0.15) is 206 Å². The van der Waals surface area contributed by atoms with Crippen LogP contribution in [0.3, 0.4) is 0 Å². The van der Waals surface area contributed by atoms with Crippen LogP contribution in [-0.4, -0.2) is 11.9 Å². The first-order valence-electron chi connectivity index (χ1n) is 16.9. The molecule has 4 heteroatoms.